The summed E-state index contributed by atoms with van der Waals surface area (Å²) >= 11 is 5.60. The lowest BCUT2D eigenvalue weighted by atomic mass is 10.2. The Labute approximate surface area is 80.9 Å². The van der Waals surface area contributed by atoms with Gasteiger partial charge in [0.25, 0.3) is 0 Å². The molecule has 1 aromatic carbocycles. The third-order valence-electron chi connectivity index (χ3n) is 1.46. The minimum absolute atomic E-state index is 0.0466. The van der Waals surface area contributed by atoms with E-state index < -0.39 is 5.97 Å². The maximum absolute atomic E-state index is 11.1. The van der Waals surface area contributed by atoms with Crippen molar-refractivity contribution in [3.8, 4) is 5.75 Å². The van der Waals surface area contributed by atoms with E-state index >= 15 is 0 Å². The van der Waals surface area contributed by atoms with Gasteiger partial charge in [-0.25, -0.2) is 4.79 Å². The largest absolute Gasteiger partial charge is 0.506 e. The van der Waals surface area contributed by atoms with Crippen molar-refractivity contribution in [3.63, 3.8) is 0 Å². The number of rotatable bonds is 2. The highest BCUT2D eigenvalue weighted by molar-refractivity contribution is 6.32. The van der Waals surface area contributed by atoms with Gasteiger partial charge in [-0.15, -0.1) is 0 Å². The van der Waals surface area contributed by atoms with Gasteiger partial charge in [-0.1, -0.05) is 11.6 Å². The lowest BCUT2D eigenvalue weighted by Gasteiger charge is -2.02. The summed E-state index contributed by atoms with van der Waals surface area (Å²) in [7, 11) is 0. The Morgan fingerprint density at radius 2 is 2.31 bits per heavy atom. The topological polar surface area (TPSA) is 46.5 Å². The fourth-order valence-corrected chi connectivity index (χ4v) is 1.03. The van der Waals surface area contributed by atoms with Crippen LogP contribution in [0, 0.1) is 0 Å². The second kappa shape index (κ2) is 4.14. The molecule has 3 nitrogen and oxygen atoms in total. The molecule has 0 bridgehead atoms. The van der Waals surface area contributed by atoms with Gasteiger partial charge in [0.05, 0.1) is 17.2 Å². The van der Waals surface area contributed by atoms with E-state index in [9.17, 15) is 4.79 Å². The highest BCUT2D eigenvalue weighted by Gasteiger charge is 2.08. The van der Waals surface area contributed by atoms with Crippen LogP contribution in [0.15, 0.2) is 18.2 Å². The van der Waals surface area contributed by atoms with Crippen molar-refractivity contribution in [2.45, 2.75) is 6.92 Å². The molecule has 1 N–H and O–H groups in total. The number of hydrogen-bond donors (Lipinski definition) is 1. The molecule has 0 atom stereocenters. The van der Waals surface area contributed by atoms with E-state index in [0.29, 0.717) is 12.2 Å². The van der Waals surface area contributed by atoms with E-state index in [-0.39, 0.29) is 10.8 Å². The lowest BCUT2D eigenvalue weighted by molar-refractivity contribution is 0.0526. The molecule has 0 amide bonds. The van der Waals surface area contributed by atoms with Crippen molar-refractivity contribution in [3.05, 3.63) is 28.8 Å². The Morgan fingerprint density at radius 3 is 2.85 bits per heavy atom. The van der Waals surface area contributed by atoms with Crippen molar-refractivity contribution < 1.29 is 14.6 Å². The van der Waals surface area contributed by atoms with Crippen molar-refractivity contribution in [1.29, 1.82) is 0 Å². The standard InChI is InChI=1S/C9H9ClO3/c1-2-13-9(12)6-3-4-8(11)7(10)5-6/h3-5,11H,2H2,1H3. The number of carbonyl (C=O) groups is 1. The highest BCUT2D eigenvalue weighted by atomic mass is 35.5. The third kappa shape index (κ3) is 2.36. The normalized spacial score (nSPS) is 9.69. The predicted octanol–water partition coefficient (Wildman–Crippen LogP) is 2.22. The van der Waals surface area contributed by atoms with Gasteiger partial charge < -0.3 is 9.84 Å². The first-order valence-electron chi connectivity index (χ1n) is 3.80. The maximum atomic E-state index is 11.1. The summed E-state index contributed by atoms with van der Waals surface area (Å²) in [4.78, 5) is 11.1. The predicted molar refractivity (Wildman–Crippen MR) is 49.1 cm³/mol. The molecule has 0 aromatic heterocycles. The van der Waals surface area contributed by atoms with E-state index in [1.807, 2.05) is 0 Å². The summed E-state index contributed by atoms with van der Waals surface area (Å²) in [5, 5.41) is 9.22. The van der Waals surface area contributed by atoms with Crippen LogP contribution in [0.1, 0.15) is 17.3 Å². The van der Waals surface area contributed by atoms with Gasteiger partial charge in [0, 0.05) is 0 Å². The molecule has 0 heterocycles. The SMILES string of the molecule is CCOC(=O)c1ccc(O)c(Cl)c1. The molecule has 0 radical (unpaired) electrons. The molecule has 13 heavy (non-hydrogen) atoms. The molecule has 0 saturated heterocycles. The van der Waals surface area contributed by atoms with E-state index in [1.54, 1.807) is 6.92 Å². The fourth-order valence-electron chi connectivity index (χ4n) is 0.848. The van der Waals surface area contributed by atoms with Crippen LogP contribution in [0.2, 0.25) is 5.02 Å². The minimum Gasteiger partial charge on any atom is -0.506 e. The van der Waals surface area contributed by atoms with Gasteiger partial charge in [0.15, 0.2) is 0 Å². The summed E-state index contributed by atoms with van der Waals surface area (Å²) in [5.41, 5.74) is 0.338. The average Bonchev–Trinajstić information content (AvgIpc) is 2.10. The maximum Gasteiger partial charge on any atom is 0.338 e. The molecular weight excluding hydrogens is 192 g/mol. The van der Waals surface area contributed by atoms with Gasteiger partial charge in [0.1, 0.15) is 5.75 Å². The molecule has 1 rings (SSSR count). The number of esters is 1. The van der Waals surface area contributed by atoms with Crippen LogP contribution in [0.25, 0.3) is 0 Å². The van der Waals surface area contributed by atoms with Crippen molar-refractivity contribution in [2.24, 2.45) is 0 Å². The van der Waals surface area contributed by atoms with Gasteiger partial charge >= 0.3 is 5.97 Å². The smallest absolute Gasteiger partial charge is 0.338 e. The Balaban J connectivity index is 2.90. The third-order valence-corrected chi connectivity index (χ3v) is 1.76. The average molecular weight is 201 g/mol. The van der Waals surface area contributed by atoms with E-state index in [1.165, 1.54) is 18.2 Å². The van der Waals surface area contributed by atoms with Crippen molar-refractivity contribution in [1.82, 2.24) is 0 Å². The number of carbonyl (C=O) groups excluding carboxylic acids is 1. The van der Waals surface area contributed by atoms with Crippen LogP contribution in [0.3, 0.4) is 0 Å². The molecule has 70 valence electrons. The van der Waals surface area contributed by atoms with Gasteiger partial charge in [0.2, 0.25) is 0 Å². The lowest BCUT2D eigenvalue weighted by Crippen LogP contribution is -2.03. The summed E-state index contributed by atoms with van der Waals surface area (Å²) in [5.74, 6) is -0.487. The Morgan fingerprint density at radius 1 is 1.62 bits per heavy atom. The second-order valence-corrected chi connectivity index (χ2v) is 2.79. The minimum atomic E-state index is -0.440. The van der Waals surface area contributed by atoms with Gasteiger partial charge in [-0.05, 0) is 25.1 Å². The van der Waals surface area contributed by atoms with E-state index in [0.717, 1.165) is 0 Å². The molecule has 0 aliphatic rings. The number of aromatic hydroxyl groups is 1. The zero-order valence-corrected chi connectivity index (χ0v) is 7.84. The summed E-state index contributed by atoms with van der Waals surface area (Å²) in [6.07, 6.45) is 0. The van der Waals surface area contributed by atoms with Crippen LogP contribution in [-0.2, 0) is 4.74 Å². The van der Waals surface area contributed by atoms with Crippen LogP contribution in [0.5, 0.6) is 5.75 Å². The first-order chi connectivity index (χ1) is 6.15. The molecule has 0 spiro atoms. The molecule has 0 aliphatic carbocycles. The first kappa shape index (κ1) is 9.86. The summed E-state index contributed by atoms with van der Waals surface area (Å²) < 4.78 is 4.74. The molecule has 0 saturated carbocycles. The zero-order chi connectivity index (χ0) is 9.84. The number of hydrogen-bond acceptors (Lipinski definition) is 3. The van der Waals surface area contributed by atoms with Crippen LogP contribution in [-0.4, -0.2) is 17.7 Å². The Hall–Kier alpha value is -1.22. The summed E-state index contributed by atoms with van der Waals surface area (Å²) in [6.45, 7) is 2.04. The van der Waals surface area contributed by atoms with Crippen LogP contribution in [0.4, 0.5) is 0 Å². The Bertz CT molecular complexity index is 323. The van der Waals surface area contributed by atoms with Crippen LogP contribution < -0.4 is 0 Å². The number of halogens is 1. The molecule has 0 aliphatic heterocycles. The molecule has 0 unspecified atom stereocenters. The van der Waals surface area contributed by atoms with E-state index in [4.69, 9.17) is 21.4 Å². The Kier molecular flexibility index (Phi) is 3.14. The molecular formula is C9H9ClO3. The highest BCUT2D eigenvalue weighted by Crippen LogP contribution is 2.23. The second-order valence-electron chi connectivity index (χ2n) is 2.39. The number of phenolic OH excluding ortho intramolecular Hbond substituents is 1. The molecule has 1 aromatic rings. The van der Waals surface area contributed by atoms with E-state index in [2.05, 4.69) is 0 Å². The molecule has 0 fully saturated rings. The number of ether oxygens (including phenoxy) is 1. The number of phenols is 1. The summed E-state index contributed by atoms with van der Waals surface area (Å²) in [6, 6.07) is 4.18. The fraction of sp³-hybridized carbons (Fsp3) is 0.222. The van der Waals surface area contributed by atoms with Crippen molar-refractivity contribution >= 4 is 17.6 Å². The number of benzene rings is 1. The zero-order valence-electron chi connectivity index (χ0n) is 7.08. The van der Waals surface area contributed by atoms with Gasteiger partial charge in [-0.2, -0.15) is 0 Å². The first-order valence-corrected chi connectivity index (χ1v) is 4.18. The van der Waals surface area contributed by atoms with Crippen LogP contribution >= 0.6 is 11.6 Å². The van der Waals surface area contributed by atoms with Gasteiger partial charge in [-0.3, -0.25) is 0 Å². The van der Waals surface area contributed by atoms with Crippen molar-refractivity contribution in [2.75, 3.05) is 6.61 Å². The quantitative estimate of drug-likeness (QED) is 0.745. The monoisotopic (exact) mass is 200 g/mol. The molecule has 4 heteroatoms.